The largest absolute Gasteiger partial charge is 0.399 e. The van der Waals surface area contributed by atoms with Gasteiger partial charge in [0.15, 0.2) is 0 Å². The van der Waals surface area contributed by atoms with Crippen LogP contribution in [0.2, 0.25) is 0 Å². The molecule has 3 rings (SSSR count). The lowest BCUT2D eigenvalue weighted by Gasteiger charge is -2.26. The normalized spacial score (nSPS) is 25.7. The highest BCUT2D eigenvalue weighted by Gasteiger charge is 2.37. The first kappa shape index (κ1) is 12.5. The fraction of sp³-hybridized carbons (Fsp3) is 0.533. The number of anilines is 2. The number of hydrogen-bond acceptors (Lipinski definition) is 3. The van der Waals surface area contributed by atoms with Gasteiger partial charge in [-0.25, -0.2) is 0 Å². The van der Waals surface area contributed by atoms with Gasteiger partial charge in [0.2, 0.25) is 5.91 Å². The lowest BCUT2D eigenvalue weighted by Crippen LogP contribution is -2.34. The molecule has 2 unspecified atom stereocenters. The summed E-state index contributed by atoms with van der Waals surface area (Å²) >= 11 is 0. The molecule has 1 aliphatic heterocycles. The van der Waals surface area contributed by atoms with Gasteiger partial charge >= 0.3 is 0 Å². The maximum absolute atomic E-state index is 11.9. The second-order valence-electron chi connectivity index (χ2n) is 5.75. The second kappa shape index (κ2) is 5.21. The molecule has 0 radical (unpaired) electrons. The van der Waals surface area contributed by atoms with Crippen molar-refractivity contribution < 1.29 is 4.79 Å². The number of carbonyl (C=O) groups is 1. The Kier molecular flexibility index (Phi) is 3.42. The lowest BCUT2D eigenvalue weighted by atomic mass is 10.1. The number of nitrogen functional groups attached to an aromatic ring is 1. The Bertz CT molecular complexity index is 457. The van der Waals surface area contributed by atoms with Crippen molar-refractivity contribution in [3.63, 3.8) is 0 Å². The maximum Gasteiger partial charge on any atom is 0.225 e. The molecule has 1 heterocycles. The quantitative estimate of drug-likeness (QED) is 0.814. The Morgan fingerprint density at radius 1 is 1.32 bits per heavy atom. The van der Waals surface area contributed by atoms with Gasteiger partial charge < -0.3 is 11.1 Å². The Morgan fingerprint density at radius 3 is 2.74 bits per heavy atom. The van der Waals surface area contributed by atoms with E-state index in [0.29, 0.717) is 12.1 Å². The molecule has 1 aromatic carbocycles. The molecule has 4 heteroatoms. The number of nitrogens with one attached hydrogen (secondary N) is 1. The highest BCUT2D eigenvalue weighted by Crippen LogP contribution is 2.37. The third-order valence-corrected chi connectivity index (χ3v) is 4.34. The van der Waals surface area contributed by atoms with Crippen molar-refractivity contribution in [3.8, 4) is 0 Å². The SMILES string of the molecule is Nc1ccc(NC(=O)CCN2CC3CCC2C3)cc1. The molecule has 2 aliphatic rings. The van der Waals surface area contributed by atoms with Crippen LogP contribution >= 0.6 is 0 Å². The predicted molar refractivity (Wildman–Crippen MR) is 76.8 cm³/mol. The van der Waals surface area contributed by atoms with E-state index in [4.69, 9.17) is 5.73 Å². The van der Waals surface area contributed by atoms with Crippen LogP contribution in [0.4, 0.5) is 11.4 Å². The van der Waals surface area contributed by atoms with E-state index in [9.17, 15) is 4.79 Å². The molecule has 1 amide bonds. The molecular formula is C15H21N3O. The number of fused-ring (bicyclic) bond motifs is 2. The topological polar surface area (TPSA) is 58.4 Å². The summed E-state index contributed by atoms with van der Waals surface area (Å²) in [6.45, 7) is 2.09. The molecule has 0 aromatic heterocycles. The molecule has 0 spiro atoms. The van der Waals surface area contributed by atoms with Crippen LogP contribution in [-0.4, -0.2) is 29.9 Å². The Hall–Kier alpha value is -1.55. The van der Waals surface area contributed by atoms with Gasteiger partial charge in [0.05, 0.1) is 0 Å². The van der Waals surface area contributed by atoms with Crippen molar-refractivity contribution in [2.24, 2.45) is 5.92 Å². The fourth-order valence-corrected chi connectivity index (χ4v) is 3.34. The van der Waals surface area contributed by atoms with Crippen molar-refractivity contribution >= 4 is 17.3 Å². The van der Waals surface area contributed by atoms with Crippen LogP contribution in [0.5, 0.6) is 0 Å². The molecule has 102 valence electrons. The molecule has 1 saturated carbocycles. The number of amides is 1. The van der Waals surface area contributed by atoms with E-state index in [1.165, 1.54) is 25.8 Å². The van der Waals surface area contributed by atoms with Crippen LogP contribution in [0.3, 0.4) is 0 Å². The minimum atomic E-state index is 0.0903. The summed E-state index contributed by atoms with van der Waals surface area (Å²) in [5, 5.41) is 2.92. The zero-order valence-electron chi connectivity index (χ0n) is 11.1. The van der Waals surface area contributed by atoms with Crippen LogP contribution < -0.4 is 11.1 Å². The van der Waals surface area contributed by atoms with E-state index in [2.05, 4.69) is 10.2 Å². The summed E-state index contributed by atoms with van der Waals surface area (Å²) in [4.78, 5) is 14.4. The zero-order valence-corrected chi connectivity index (χ0v) is 11.1. The number of piperidine rings is 1. The molecule has 1 aliphatic carbocycles. The maximum atomic E-state index is 11.9. The van der Waals surface area contributed by atoms with Crippen molar-refractivity contribution in [2.75, 3.05) is 24.1 Å². The first-order valence-corrected chi connectivity index (χ1v) is 7.10. The number of rotatable bonds is 4. The Morgan fingerprint density at radius 2 is 2.11 bits per heavy atom. The number of likely N-dealkylation sites (tertiary alicyclic amines) is 1. The first-order valence-electron chi connectivity index (χ1n) is 7.10. The monoisotopic (exact) mass is 259 g/mol. The van der Waals surface area contributed by atoms with Gasteiger partial charge in [0.1, 0.15) is 0 Å². The van der Waals surface area contributed by atoms with Gasteiger partial charge in [-0.15, -0.1) is 0 Å². The summed E-state index contributed by atoms with van der Waals surface area (Å²) in [5.74, 6) is 0.984. The van der Waals surface area contributed by atoms with Crippen LogP contribution in [0, 0.1) is 5.92 Å². The minimum absolute atomic E-state index is 0.0903. The number of carbonyl (C=O) groups excluding carboxylic acids is 1. The third kappa shape index (κ3) is 2.89. The highest BCUT2D eigenvalue weighted by molar-refractivity contribution is 5.90. The molecule has 2 bridgehead atoms. The fourth-order valence-electron chi connectivity index (χ4n) is 3.34. The van der Waals surface area contributed by atoms with Gasteiger partial charge in [-0.05, 0) is 49.4 Å². The van der Waals surface area contributed by atoms with Gasteiger partial charge in [-0.3, -0.25) is 9.69 Å². The van der Waals surface area contributed by atoms with Crippen molar-refractivity contribution in [2.45, 2.75) is 31.7 Å². The zero-order chi connectivity index (χ0) is 13.2. The third-order valence-electron chi connectivity index (χ3n) is 4.34. The van der Waals surface area contributed by atoms with E-state index in [1.54, 1.807) is 12.1 Å². The molecule has 1 aromatic rings. The lowest BCUT2D eigenvalue weighted by molar-refractivity contribution is -0.116. The van der Waals surface area contributed by atoms with Crippen LogP contribution in [0.1, 0.15) is 25.7 Å². The Labute approximate surface area is 114 Å². The van der Waals surface area contributed by atoms with Crippen LogP contribution in [-0.2, 0) is 4.79 Å². The molecular weight excluding hydrogens is 238 g/mol. The number of hydrogen-bond donors (Lipinski definition) is 2. The summed E-state index contributed by atoms with van der Waals surface area (Å²) < 4.78 is 0. The van der Waals surface area contributed by atoms with Gasteiger partial charge in [0, 0.05) is 36.9 Å². The molecule has 4 nitrogen and oxygen atoms in total. The second-order valence-corrected chi connectivity index (χ2v) is 5.75. The van der Waals surface area contributed by atoms with Crippen molar-refractivity contribution in [1.82, 2.24) is 4.90 Å². The summed E-state index contributed by atoms with van der Waals surface area (Å²) in [6, 6.07) is 8.02. The van der Waals surface area contributed by atoms with E-state index in [0.717, 1.165) is 24.2 Å². The van der Waals surface area contributed by atoms with Crippen LogP contribution in [0.15, 0.2) is 24.3 Å². The predicted octanol–water partition coefficient (Wildman–Crippen LogP) is 2.08. The summed E-state index contributed by atoms with van der Waals surface area (Å²) in [6.07, 6.45) is 4.64. The average molecular weight is 259 g/mol. The molecule has 3 N–H and O–H groups in total. The first-order chi connectivity index (χ1) is 9.20. The average Bonchev–Trinajstić information content (AvgIpc) is 3.01. The number of nitrogens with zero attached hydrogens (tertiary/aromatic N) is 1. The van der Waals surface area contributed by atoms with Crippen LogP contribution in [0.25, 0.3) is 0 Å². The smallest absolute Gasteiger partial charge is 0.225 e. The molecule has 2 fully saturated rings. The Balaban J connectivity index is 1.45. The van der Waals surface area contributed by atoms with Crippen molar-refractivity contribution in [1.29, 1.82) is 0 Å². The van der Waals surface area contributed by atoms with Gasteiger partial charge in [0.25, 0.3) is 0 Å². The van der Waals surface area contributed by atoms with E-state index in [1.807, 2.05) is 12.1 Å². The molecule has 2 atom stereocenters. The van der Waals surface area contributed by atoms with Gasteiger partial charge in [-0.2, -0.15) is 0 Å². The summed E-state index contributed by atoms with van der Waals surface area (Å²) in [5.41, 5.74) is 7.15. The van der Waals surface area contributed by atoms with E-state index >= 15 is 0 Å². The molecule has 19 heavy (non-hydrogen) atoms. The number of nitrogens with two attached hydrogens (primary N) is 1. The van der Waals surface area contributed by atoms with E-state index in [-0.39, 0.29) is 5.91 Å². The summed E-state index contributed by atoms with van der Waals surface area (Å²) in [7, 11) is 0. The van der Waals surface area contributed by atoms with Crippen molar-refractivity contribution in [3.05, 3.63) is 24.3 Å². The van der Waals surface area contributed by atoms with Gasteiger partial charge in [-0.1, -0.05) is 0 Å². The highest BCUT2D eigenvalue weighted by atomic mass is 16.1. The number of benzene rings is 1. The van der Waals surface area contributed by atoms with E-state index < -0.39 is 0 Å². The standard InChI is InChI=1S/C15H21N3O/c16-12-2-4-13(5-3-12)17-15(19)7-8-18-10-11-1-6-14(18)9-11/h2-5,11,14H,1,6-10,16H2,(H,17,19). The minimum Gasteiger partial charge on any atom is -0.399 e. The molecule has 1 saturated heterocycles.